The van der Waals surface area contributed by atoms with Crippen molar-refractivity contribution in [3.05, 3.63) is 86.3 Å². The van der Waals surface area contributed by atoms with E-state index in [1.807, 2.05) is 35.6 Å². The first kappa shape index (κ1) is 25.0. The Hall–Kier alpha value is -3.34. The van der Waals surface area contributed by atoms with E-state index in [0.717, 1.165) is 20.8 Å². The number of fused-ring (bicyclic) bond motifs is 5. The first-order valence-electron chi connectivity index (χ1n) is 12.4. The van der Waals surface area contributed by atoms with Crippen molar-refractivity contribution in [1.82, 2.24) is 19.2 Å². The summed E-state index contributed by atoms with van der Waals surface area (Å²) < 4.78 is 22.9. The third-order valence-electron chi connectivity index (χ3n) is 6.84. The minimum absolute atomic E-state index is 0.0332. The van der Waals surface area contributed by atoms with Gasteiger partial charge in [0.2, 0.25) is 5.78 Å². The van der Waals surface area contributed by atoms with Crippen molar-refractivity contribution >= 4 is 44.9 Å². The predicted octanol–water partition coefficient (Wildman–Crippen LogP) is 5.61. The molecule has 5 aromatic rings. The second kappa shape index (κ2) is 9.76. The van der Waals surface area contributed by atoms with Gasteiger partial charge in [-0.05, 0) is 60.4 Å². The van der Waals surface area contributed by atoms with Gasteiger partial charge in [0.15, 0.2) is 10.9 Å². The van der Waals surface area contributed by atoms with Crippen LogP contribution in [-0.4, -0.2) is 36.8 Å². The maximum Gasteiger partial charge on any atom is 0.268 e. The maximum atomic E-state index is 14.1. The van der Waals surface area contributed by atoms with Crippen LogP contribution in [-0.2, 0) is 17.8 Å². The molecule has 194 valence electrons. The van der Waals surface area contributed by atoms with Gasteiger partial charge in [-0.3, -0.25) is 9.59 Å². The molecule has 1 aliphatic rings. The SMILES string of the molecule is Cc1cccc(-n2c(=O)c3c4c(sc3n3c(SCC(=O)c5ccc(F)cc5)nnc23)CO[C@@H](C(C)C)C4)c1. The molecule has 1 aliphatic heterocycles. The monoisotopic (exact) mass is 548 g/mol. The van der Waals surface area contributed by atoms with E-state index < -0.39 is 0 Å². The number of carbonyl (C=O) groups excluding carboxylic acids is 1. The quantitative estimate of drug-likeness (QED) is 0.203. The Kier molecular flexibility index (Phi) is 6.41. The summed E-state index contributed by atoms with van der Waals surface area (Å²) in [5, 5.41) is 9.99. The number of rotatable bonds is 6. The third kappa shape index (κ3) is 4.26. The van der Waals surface area contributed by atoms with E-state index in [2.05, 4.69) is 24.0 Å². The lowest BCUT2D eigenvalue weighted by molar-refractivity contribution is 0.00200. The highest BCUT2D eigenvalue weighted by Gasteiger charge is 2.30. The molecule has 0 fully saturated rings. The standard InChI is InChI=1S/C28H25FN4O3S2/c1-15(2)22-12-20-23(13-36-22)38-26-24(20)25(35)32(19-6-4-5-16(3)11-19)27-30-31-28(33(26)27)37-14-21(34)17-7-9-18(29)10-8-17/h4-11,15,22H,12-14H2,1-3H3/t22-/m1/s1. The number of ketones is 1. The molecular weight excluding hydrogens is 523 g/mol. The molecule has 7 nitrogen and oxygen atoms in total. The van der Waals surface area contributed by atoms with Crippen LogP contribution in [0.3, 0.4) is 0 Å². The summed E-state index contributed by atoms with van der Waals surface area (Å²) in [7, 11) is 0. The largest absolute Gasteiger partial charge is 0.372 e. The van der Waals surface area contributed by atoms with Crippen molar-refractivity contribution in [2.24, 2.45) is 5.92 Å². The van der Waals surface area contributed by atoms with E-state index in [9.17, 15) is 14.0 Å². The molecule has 0 bridgehead atoms. The minimum atomic E-state index is -0.389. The number of ether oxygens (including phenoxy) is 1. The Morgan fingerprint density at radius 1 is 1.21 bits per heavy atom. The molecule has 10 heteroatoms. The molecule has 4 heterocycles. The number of hydrogen-bond donors (Lipinski definition) is 0. The van der Waals surface area contributed by atoms with Crippen molar-refractivity contribution in [1.29, 1.82) is 0 Å². The maximum absolute atomic E-state index is 14.1. The summed E-state index contributed by atoms with van der Waals surface area (Å²) in [5.41, 5.74) is 3.05. The average molecular weight is 549 g/mol. The normalized spacial score (nSPS) is 15.4. The van der Waals surface area contributed by atoms with Crippen LogP contribution in [0.1, 0.15) is 40.2 Å². The van der Waals surface area contributed by atoms with Crippen LogP contribution >= 0.6 is 23.1 Å². The molecule has 0 N–H and O–H groups in total. The molecular formula is C28H25FN4O3S2. The van der Waals surface area contributed by atoms with E-state index >= 15 is 0 Å². The zero-order valence-electron chi connectivity index (χ0n) is 21.1. The molecule has 0 saturated heterocycles. The second-order valence-corrected chi connectivity index (χ2v) is 11.8. The van der Waals surface area contributed by atoms with Crippen LogP contribution in [0.2, 0.25) is 0 Å². The van der Waals surface area contributed by atoms with E-state index in [-0.39, 0.29) is 29.0 Å². The molecule has 0 spiro atoms. The molecule has 1 atom stereocenters. The Bertz CT molecular complexity index is 1750. The summed E-state index contributed by atoms with van der Waals surface area (Å²) in [6, 6.07) is 13.2. The molecule has 0 radical (unpaired) electrons. The van der Waals surface area contributed by atoms with E-state index in [4.69, 9.17) is 4.74 Å². The number of thiophene rings is 1. The van der Waals surface area contributed by atoms with E-state index in [0.29, 0.717) is 46.5 Å². The van der Waals surface area contributed by atoms with Gasteiger partial charge in [-0.25, -0.2) is 13.4 Å². The molecule has 0 aliphatic carbocycles. The van der Waals surface area contributed by atoms with Crippen molar-refractivity contribution in [2.45, 2.75) is 45.1 Å². The van der Waals surface area contributed by atoms with Crippen molar-refractivity contribution in [3.63, 3.8) is 0 Å². The number of hydrogen-bond acceptors (Lipinski definition) is 7. The smallest absolute Gasteiger partial charge is 0.268 e. The van der Waals surface area contributed by atoms with E-state index in [1.165, 1.54) is 47.4 Å². The summed E-state index contributed by atoms with van der Waals surface area (Å²) in [4.78, 5) is 28.7. The molecule has 2 aromatic carbocycles. The highest BCUT2D eigenvalue weighted by molar-refractivity contribution is 7.99. The fourth-order valence-corrected chi connectivity index (χ4v) is 6.94. The number of nitrogens with zero attached hydrogens (tertiary/aromatic N) is 4. The lowest BCUT2D eigenvalue weighted by Gasteiger charge is -2.26. The van der Waals surface area contributed by atoms with Gasteiger partial charge in [0.1, 0.15) is 10.6 Å². The molecule has 6 rings (SSSR count). The number of benzene rings is 2. The van der Waals surface area contributed by atoms with Gasteiger partial charge in [-0.15, -0.1) is 21.5 Å². The van der Waals surface area contributed by atoms with Gasteiger partial charge in [0, 0.05) is 16.9 Å². The number of halogens is 1. The van der Waals surface area contributed by atoms with Crippen LogP contribution in [0.15, 0.2) is 58.5 Å². The van der Waals surface area contributed by atoms with Crippen LogP contribution in [0, 0.1) is 18.7 Å². The number of aromatic nitrogens is 4. The summed E-state index contributed by atoms with van der Waals surface area (Å²) >= 11 is 2.77. The van der Waals surface area contributed by atoms with Crippen LogP contribution in [0.4, 0.5) is 4.39 Å². The van der Waals surface area contributed by atoms with Gasteiger partial charge < -0.3 is 4.74 Å². The predicted molar refractivity (Wildman–Crippen MR) is 147 cm³/mol. The lowest BCUT2D eigenvalue weighted by Crippen LogP contribution is -2.28. The summed E-state index contributed by atoms with van der Waals surface area (Å²) in [5.74, 6) is 0.276. The number of aryl methyl sites for hydroxylation is 1. The first-order chi connectivity index (χ1) is 18.3. The number of thioether (sulfide) groups is 1. The Morgan fingerprint density at radius 3 is 2.74 bits per heavy atom. The fourth-order valence-electron chi connectivity index (χ4n) is 4.81. The Balaban J connectivity index is 1.52. The Labute approximate surface area is 226 Å². The van der Waals surface area contributed by atoms with Crippen LogP contribution in [0.5, 0.6) is 0 Å². The highest BCUT2D eigenvalue weighted by atomic mass is 32.2. The number of carbonyl (C=O) groups is 1. The molecule has 0 saturated carbocycles. The third-order valence-corrected chi connectivity index (χ3v) is 8.96. The average Bonchev–Trinajstić information content (AvgIpc) is 3.49. The van der Waals surface area contributed by atoms with Crippen molar-refractivity contribution in [2.75, 3.05) is 5.75 Å². The zero-order chi connectivity index (χ0) is 26.6. The molecule has 38 heavy (non-hydrogen) atoms. The summed E-state index contributed by atoms with van der Waals surface area (Å²) in [6.07, 6.45) is 0.695. The van der Waals surface area contributed by atoms with Gasteiger partial charge in [0.25, 0.3) is 5.56 Å². The highest BCUT2D eigenvalue weighted by Crippen LogP contribution is 2.37. The van der Waals surface area contributed by atoms with Crippen molar-refractivity contribution < 1.29 is 13.9 Å². The van der Waals surface area contributed by atoms with Crippen LogP contribution in [0.25, 0.3) is 21.7 Å². The van der Waals surface area contributed by atoms with Gasteiger partial charge in [0.05, 0.1) is 29.5 Å². The molecule has 0 amide bonds. The first-order valence-corrected chi connectivity index (χ1v) is 14.2. The second-order valence-electron chi connectivity index (χ2n) is 9.80. The van der Waals surface area contributed by atoms with Crippen molar-refractivity contribution in [3.8, 4) is 5.69 Å². The zero-order valence-corrected chi connectivity index (χ0v) is 22.7. The molecule has 3 aromatic heterocycles. The van der Waals surface area contributed by atoms with Gasteiger partial charge in [-0.2, -0.15) is 0 Å². The van der Waals surface area contributed by atoms with Crippen LogP contribution < -0.4 is 5.56 Å². The minimum Gasteiger partial charge on any atom is -0.372 e. The molecule has 0 unspecified atom stereocenters. The van der Waals surface area contributed by atoms with Gasteiger partial charge >= 0.3 is 0 Å². The lowest BCUT2D eigenvalue weighted by atomic mass is 9.96. The Morgan fingerprint density at radius 2 is 2.00 bits per heavy atom. The summed E-state index contributed by atoms with van der Waals surface area (Å²) in [6.45, 7) is 6.68. The van der Waals surface area contributed by atoms with E-state index in [1.54, 1.807) is 4.57 Å². The number of Topliss-reactive ketones (excluding diaryl/α,β-unsaturated/α-hetero) is 1. The fraction of sp³-hybridized carbons (Fsp3) is 0.286. The topological polar surface area (TPSA) is 78.5 Å². The van der Waals surface area contributed by atoms with Gasteiger partial charge in [-0.1, -0.05) is 37.7 Å².